The van der Waals surface area contributed by atoms with Crippen molar-refractivity contribution < 1.29 is 14.5 Å². The first kappa shape index (κ1) is 19.7. The molecule has 29 heavy (non-hydrogen) atoms. The molecule has 148 valence electrons. The summed E-state index contributed by atoms with van der Waals surface area (Å²) in [5, 5.41) is 14.6. The second-order valence-corrected chi connectivity index (χ2v) is 6.15. The molecule has 1 aromatic heterocycles. The third kappa shape index (κ3) is 4.29. The van der Waals surface area contributed by atoms with Gasteiger partial charge in [-0.15, -0.1) is 0 Å². The molecule has 0 saturated carbocycles. The van der Waals surface area contributed by atoms with E-state index in [-0.39, 0.29) is 23.1 Å². The molecule has 0 spiro atoms. The minimum absolute atomic E-state index is 0.164. The van der Waals surface area contributed by atoms with Crippen LogP contribution in [0.5, 0.6) is 0 Å². The number of hydrogen-bond donors (Lipinski definition) is 1. The molecule has 1 N–H and O–H groups in total. The highest BCUT2D eigenvalue weighted by Crippen LogP contribution is 2.33. The van der Waals surface area contributed by atoms with E-state index in [1.807, 2.05) is 30.3 Å². The van der Waals surface area contributed by atoms with Crippen molar-refractivity contribution in [2.75, 3.05) is 24.4 Å². The summed E-state index contributed by atoms with van der Waals surface area (Å²) in [6.45, 7) is 1.56. The molecule has 2 aromatic carbocycles. The lowest BCUT2D eigenvalue weighted by molar-refractivity contribution is -0.385. The standard InChI is InChI=1S/C20H19N5O4/c1-13-17(25(27)28)18(24(2)16-7-5-4-6-8-16)23-20(21-13)22-15-11-9-14(10-12-15)19(26)29-3/h4-12H,1-3H3,(H,21,22,23). The molecule has 0 unspecified atom stereocenters. The third-order valence-corrected chi connectivity index (χ3v) is 4.25. The first-order valence-electron chi connectivity index (χ1n) is 8.68. The van der Waals surface area contributed by atoms with E-state index in [1.54, 1.807) is 43.1 Å². The predicted octanol–water partition coefficient (Wildman–Crippen LogP) is 3.99. The molecule has 0 fully saturated rings. The van der Waals surface area contributed by atoms with Crippen LogP contribution in [-0.4, -0.2) is 35.0 Å². The number of rotatable bonds is 6. The lowest BCUT2D eigenvalue weighted by atomic mass is 10.2. The predicted molar refractivity (Wildman–Crippen MR) is 109 cm³/mol. The number of hydrogen-bond acceptors (Lipinski definition) is 8. The average Bonchev–Trinajstić information content (AvgIpc) is 2.73. The Morgan fingerprint density at radius 1 is 1.10 bits per heavy atom. The molecule has 0 radical (unpaired) electrons. The van der Waals surface area contributed by atoms with Gasteiger partial charge in [0.25, 0.3) is 0 Å². The quantitative estimate of drug-likeness (QED) is 0.380. The average molecular weight is 393 g/mol. The molecule has 0 amide bonds. The summed E-state index contributed by atoms with van der Waals surface area (Å²) >= 11 is 0. The van der Waals surface area contributed by atoms with Gasteiger partial charge in [0.2, 0.25) is 11.8 Å². The van der Waals surface area contributed by atoms with Crippen molar-refractivity contribution >= 4 is 34.8 Å². The Morgan fingerprint density at radius 3 is 2.34 bits per heavy atom. The van der Waals surface area contributed by atoms with E-state index in [0.717, 1.165) is 5.69 Å². The molecule has 0 saturated heterocycles. The largest absolute Gasteiger partial charge is 0.465 e. The number of carbonyl (C=O) groups excluding carboxylic acids is 1. The minimum Gasteiger partial charge on any atom is -0.465 e. The Labute approximate surface area is 167 Å². The van der Waals surface area contributed by atoms with Crippen LogP contribution in [-0.2, 0) is 4.74 Å². The van der Waals surface area contributed by atoms with Gasteiger partial charge in [-0.1, -0.05) is 18.2 Å². The number of anilines is 4. The number of benzene rings is 2. The highest BCUT2D eigenvalue weighted by molar-refractivity contribution is 5.89. The second-order valence-electron chi connectivity index (χ2n) is 6.15. The number of esters is 1. The second kappa shape index (κ2) is 8.34. The van der Waals surface area contributed by atoms with Crippen molar-refractivity contribution in [3.63, 3.8) is 0 Å². The van der Waals surface area contributed by atoms with E-state index in [1.165, 1.54) is 7.11 Å². The van der Waals surface area contributed by atoms with Crippen LogP contribution in [0.1, 0.15) is 16.1 Å². The van der Waals surface area contributed by atoms with Gasteiger partial charge in [0, 0.05) is 18.4 Å². The molecule has 1 heterocycles. The van der Waals surface area contributed by atoms with Gasteiger partial charge in [-0.2, -0.15) is 4.98 Å². The topological polar surface area (TPSA) is 110 Å². The Hall–Kier alpha value is -4.01. The van der Waals surface area contributed by atoms with E-state index < -0.39 is 10.9 Å². The SMILES string of the molecule is COC(=O)c1ccc(Nc2nc(C)c([N+](=O)[O-])c(N(C)c3ccccc3)n2)cc1. The molecular weight excluding hydrogens is 374 g/mol. The van der Waals surface area contributed by atoms with E-state index in [4.69, 9.17) is 0 Å². The van der Waals surface area contributed by atoms with Gasteiger partial charge in [-0.25, -0.2) is 9.78 Å². The van der Waals surface area contributed by atoms with Gasteiger partial charge in [-0.3, -0.25) is 10.1 Å². The molecule has 0 aliphatic carbocycles. The monoisotopic (exact) mass is 393 g/mol. The number of nitro groups is 1. The van der Waals surface area contributed by atoms with Gasteiger partial charge in [0.05, 0.1) is 17.6 Å². The van der Waals surface area contributed by atoms with E-state index >= 15 is 0 Å². The molecule has 0 atom stereocenters. The van der Waals surface area contributed by atoms with Crippen molar-refractivity contribution in [1.82, 2.24) is 9.97 Å². The Balaban J connectivity index is 1.97. The summed E-state index contributed by atoms with van der Waals surface area (Å²) in [5.74, 6) is -0.0650. The van der Waals surface area contributed by atoms with Gasteiger partial charge >= 0.3 is 11.7 Å². The fourth-order valence-electron chi connectivity index (χ4n) is 2.77. The van der Waals surface area contributed by atoms with Crippen LogP contribution in [0.15, 0.2) is 54.6 Å². The number of ether oxygens (including phenoxy) is 1. The fraction of sp³-hybridized carbons (Fsp3) is 0.150. The lowest BCUT2D eigenvalue weighted by Crippen LogP contribution is -2.16. The van der Waals surface area contributed by atoms with Crippen LogP contribution in [0.2, 0.25) is 0 Å². The van der Waals surface area contributed by atoms with E-state index in [9.17, 15) is 14.9 Å². The smallest absolute Gasteiger partial charge is 0.337 e. The maximum absolute atomic E-state index is 11.6. The molecule has 0 aliphatic heterocycles. The van der Waals surface area contributed by atoms with Gasteiger partial charge in [-0.05, 0) is 43.3 Å². The number of aromatic nitrogens is 2. The van der Waals surface area contributed by atoms with Crippen LogP contribution in [0.25, 0.3) is 0 Å². The van der Waals surface area contributed by atoms with Crippen LogP contribution < -0.4 is 10.2 Å². The first-order valence-corrected chi connectivity index (χ1v) is 8.68. The Bertz CT molecular complexity index is 1040. The van der Waals surface area contributed by atoms with Crippen LogP contribution in [0.4, 0.5) is 28.8 Å². The van der Waals surface area contributed by atoms with E-state index in [2.05, 4.69) is 20.0 Å². The number of para-hydroxylation sites is 1. The zero-order chi connectivity index (χ0) is 21.0. The van der Waals surface area contributed by atoms with Crippen LogP contribution in [0, 0.1) is 17.0 Å². The zero-order valence-corrected chi connectivity index (χ0v) is 16.1. The van der Waals surface area contributed by atoms with Crippen molar-refractivity contribution in [2.45, 2.75) is 6.92 Å². The summed E-state index contributed by atoms with van der Waals surface area (Å²) < 4.78 is 4.68. The summed E-state index contributed by atoms with van der Waals surface area (Å²) in [6.07, 6.45) is 0. The number of nitrogens with zero attached hydrogens (tertiary/aromatic N) is 4. The summed E-state index contributed by atoms with van der Waals surface area (Å²) in [5.41, 5.74) is 1.85. The normalized spacial score (nSPS) is 10.3. The molecule has 9 heteroatoms. The summed E-state index contributed by atoms with van der Waals surface area (Å²) in [6, 6.07) is 15.8. The van der Waals surface area contributed by atoms with Crippen molar-refractivity contribution in [3.8, 4) is 0 Å². The van der Waals surface area contributed by atoms with E-state index in [0.29, 0.717) is 11.3 Å². The molecule has 3 aromatic rings. The minimum atomic E-state index is -0.487. The number of carbonyl (C=O) groups is 1. The summed E-state index contributed by atoms with van der Waals surface area (Å²) in [4.78, 5) is 32.9. The first-order chi connectivity index (χ1) is 13.9. The zero-order valence-electron chi connectivity index (χ0n) is 16.1. The van der Waals surface area contributed by atoms with Crippen molar-refractivity contribution in [1.29, 1.82) is 0 Å². The third-order valence-electron chi connectivity index (χ3n) is 4.25. The molecular formula is C20H19N5O4. The van der Waals surface area contributed by atoms with Gasteiger partial charge in [0.15, 0.2) is 0 Å². The number of methoxy groups -OCH3 is 1. The number of nitrogens with one attached hydrogen (secondary N) is 1. The maximum Gasteiger partial charge on any atom is 0.337 e. The number of aryl methyl sites for hydroxylation is 1. The highest BCUT2D eigenvalue weighted by Gasteiger charge is 2.25. The van der Waals surface area contributed by atoms with Crippen molar-refractivity contribution in [2.24, 2.45) is 0 Å². The Morgan fingerprint density at radius 2 is 1.76 bits per heavy atom. The lowest BCUT2D eigenvalue weighted by Gasteiger charge is -2.19. The molecule has 0 bridgehead atoms. The van der Waals surface area contributed by atoms with Crippen molar-refractivity contribution in [3.05, 3.63) is 76.0 Å². The molecule has 9 nitrogen and oxygen atoms in total. The molecule has 3 rings (SSSR count). The van der Waals surface area contributed by atoms with Gasteiger partial charge in [0.1, 0.15) is 5.69 Å². The Kier molecular flexibility index (Phi) is 5.68. The maximum atomic E-state index is 11.6. The highest BCUT2D eigenvalue weighted by atomic mass is 16.6. The summed E-state index contributed by atoms with van der Waals surface area (Å²) in [7, 11) is 3.02. The van der Waals surface area contributed by atoms with Gasteiger partial charge < -0.3 is 15.0 Å². The van der Waals surface area contributed by atoms with Crippen LogP contribution >= 0.6 is 0 Å². The molecule has 0 aliphatic rings. The fourth-order valence-corrected chi connectivity index (χ4v) is 2.77. The van der Waals surface area contributed by atoms with Crippen LogP contribution in [0.3, 0.4) is 0 Å².